The molecule has 2 fully saturated rings. The van der Waals surface area contributed by atoms with Crippen LogP contribution in [0.4, 0.5) is 0 Å². The van der Waals surface area contributed by atoms with Gasteiger partial charge in [0, 0.05) is 0 Å². The van der Waals surface area contributed by atoms with Gasteiger partial charge < -0.3 is 10.5 Å². The number of fused-ring (bicyclic) bond motifs is 2. The van der Waals surface area contributed by atoms with Gasteiger partial charge in [-0.2, -0.15) is 0 Å². The highest BCUT2D eigenvalue weighted by molar-refractivity contribution is 5.77. The summed E-state index contributed by atoms with van der Waals surface area (Å²) in [6.45, 7) is 5.67. The van der Waals surface area contributed by atoms with Crippen LogP contribution in [0.1, 0.15) is 52.9 Å². The molecule has 1 unspecified atom stereocenters. The van der Waals surface area contributed by atoms with Crippen molar-refractivity contribution in [1.29, 1.82) is 0 Å². The zero-order valence-electron chi connectivity index (χ0n) is 10.6. The minimum absolute atomic E-state index is 0.0625. The molecule has 3 heteroatoms. The van der Waals surface area contributed by atoms with Crippen molar-refractivity contribution in [3.63, 3.8) is 0 Å². The summed E-state index contributed by atoms with van der Waals surface area (Å²) in [5.74, 6) is 0.600. The fraction of sp³-hybridized carbons (Fsp3) is 0.923. The van der Waals surface area contributed by atoms with Gasteiger partial charge in [0.25, 0.3) is 0 Å². The summed E-state index contributed by atoms with van der Waals surface area (Å²) in [6, 6.07) is -0.417. The highest BCUT2D eigenvalue weighted by Gasteiger charge is 2.51. The van der Waals surface area contributed by atoms with E-state index in [9.17, 15) is 4.79 Å². The second-order valence-electron chi connectivity index (χ2n) is 6.52. The van der Waals surface area contributed by atoms with Crippen molar-refractivity contribution in [2.75, 3.05) is 0 Å². The maximum absolute atomic E-state index is 12.0. The topological polar surface area (TPSA) is 52.3 Å². The lowest BCUT2D eigenvalue weighted by molar-refractivity contribution is -0.159. The van der Waals surface area contributed by atoms with Crippen LogP contribution in [-0.4, -0.2) is 17.6 Å². The van der Waals surface area contributed by atoms with Gasteiger partial charge in [-0.05, 0) is 64.2 Å². The minimum atomic E-state index is -0.429. The van der Waals surface area contributed by atoms with Crippen LogP contribution in [0.25, 0.3) is 0 Å². The fourth-order valence-corrected chi connectivity index (χ4v) is 3.29. The average molecular weight is 225 g/mol. The summed E-state index contributed by atoms with van der Waals surface area (Å²) < 4.78 is 5.39. The van der Waals surface area contributed by atoms with Crippen molar-refractivity contribution in [3.05, 3.63) is 0 Å². The van der Waals surface area contributed by atoms with E-state index in [0.717, 1.165) is 25.2 Å². The number of carbonyl (C=O) groups is 1. The fourth-order valence-electron chi connectivity index (χ4n) is 3.29. The van der Waals surface area contributed by atoms with E-state index in [1.54, 1.807) is 0 Å². The van der Waals surface area contributed by atoms with E-state index >= 15 is 0 Å². The second kappa shape index (κ2) is 3.73. The third-order valence-electron chi connectivity index (χ3n) is 4.12. The van der Waals surface area contributed by atoms with E-state index in [4.69, 9.17) is 10.5 Å². The van der Waals surface area contributed by atoms with Gasteiger partial charge >= 0.3 is 5.97 Å². The Balaban J connectivity index is 2.02. The van der Waals surface area contributed by atoms with E-state index in [1.165, 1.54) is 12.8 Å². The first-order valence-corrected chi connectivity index (χ1v) is 6.31. The average Bonchev–Trinajstić information content (AvgIpc) is 2.74. The molecule has 0 aromatic rings. The van der Waals surface area contributed by atoms with Gasteiger partial charge in [0.05, 0.1) is 0 Å². The van der Waals surface area contributed by atoms with E-state index in [-0.39, 0.29) is 11.4 Å². The van der Waals surface area contributed by atoms with Crippen molar-refractivity contribution in [2.24, 2.45) is 17.1 Å². The van der Waals surface area contributed by atoms with Gasteiger partial charge in [-0.25, -0.2) is 0 Å². The van der Waals surface area contributed by atoms with Crippen LogP contribution in [0.5, 0.6) is 0 Å². The zero-order valence-corrected chi connectivity index (χ0v) is 10.6. The van der Waals surface area contributed by atoms with Gasteiger partial charge in [0.2, 0.25) is 0 Å². The zero-order chi connectivity index (χ0) is 12.0. The Hall–Kier alpha value is -0.570. The van der Waals surface area contributed by atoms with Gasteiger partial charge in [0.1, 0.15) is 11.6 Å². The molecule has 2 aliphatic rings. The van der Waals surface area contributed by atoms with Gasteiger partial charge in [-0.3, -0.25) is 4.79 Å². The molecule has 0 aromatic heterocycles. The lowest BCUT2D eigenvalue weighted by Gasteiger charge is -2.33. The molecular formula is C13H23NO2. The monoisotopic (exact) mass is 225 g/mol. The summed E-state index contributed by atoms with van der Waals surface area (Å²) in [6.07, 6.45) is 5.84. The molecule has 2 N–H and O–H groups in total. The molecule has 2 bridgehead atoms. The van der Waals surface area contributed by atoms with E-state index in [1.807, 2.05) is 20.8 Å². The van der Waals surface area contributed by atoms with Crippen LogP contribution >= 0.6 is 0 Å². The predicted molar refractivity (Wildman–Crippen MR) is 62.8 cm³/mol. The first-order chi connectivity index (χ1) is 7.32. The molecule has 0 aromatic carbocycles. The molecule has 0 radical (unpaired) electrons. The Kier molecular flexibility index (Phi) is 2.77. The van der Waals surface area contributed by atoms with E-state index in [2.05, 4.69) is 0 Å². The van der Waals surface area contributed by atoms with Crippen molar-refractivity contribution >= 4 is 5.97 Å². The molecular weight excluding hydrogens is 202 g/mol. The largest absolute Gasteiger partial charge is 0.459 e. The third kappa shape index (κ3) is 2.10. The second-order valence-corrected chi connectivity index (χ2v) is 6.52. The highest BCUT2D eigenvalue weighted by atomic mass is 16.6. The number of carbonyl (C=O) groups excluding carboxylic acids is 1. The molecule has 0 aliphatic heterocycles. The van der Waals surface area contributed by atoms with Crippen molar-refractivity contribution in [1.82, 2.24) is 0 Å². The van der Waals surface area contributed by atoms with Crippen molar-refractivity contribution in [3.8, 4) is 0 Å². The SMILES string of the molecule is CC(C)(C)OC(=O)C(N)C12CCC(CC1)C2. The smallest absolute Gasteiger partial charge is 0.324 e. The summed E-state index contributed by atoms with van der Waals surface area (Å²) in [5, 5.41) is 0. The first-order valence-electron chi connectivity index (χ1n) is 6.31. The molecule has 0 saturated heterocycles. The molecule has 0 amide bonds. The Bertz CT molecular complexity index is 285. The maximum Gasteiger partial charge on any atom is 0.324 e. The summed E-state index contributed by atoms with van der Waals surface area (Å²) in [4.78, 5) is 12.0. The van der Waals surface area contributed by atoms with Crippen LogP contribution in [0.2, 0.25) is 0 Å². The number of hydrogen-bond acceptors (Lipinski definition) is 3. The standard InChI is InChI=1S/C13H23NO2/c1-12(2,3)16-11(15)10(14)13-6-4-9(8-13)5-7-13/h9-10H,4-8,14H2,1-3H3. The van der Waals surface area contributed by atoms with Crippen LogP contribution in [0, 0.1) is 11.3 Å². The van der Waals surface area contributed by atoms with Crippen LogP contribution < -0.4 is 5.73 Å². The molecule has 3 nitrogen and oxygen atoms in total. The number of ether oxygens (including phenoxy) is 1. The molecule has 2 saturated carbocycles. The molecule has 0 spiro atoms. The third-order valence-corrected chi connectivity index (χ3v) is 4.12. The molecule has 16 heavy (non-hydrogen) atoms. The minimum Gasteiger partial charge on any atom is -0.459 e. The summed E-state index contributed by atoms with van der Waals surface area (Å²) in [7, 11) is 0. The number of esters is 1. The molecule has 92 valence electrons. The Labute approximate surface area is 97.7 Å². The lowest BCUT2D eigenvalue weighted by Crippen LogP contribution is -2.48. The van der Waals surface area contributed by atoms with Crippen LogP contribution in [0.3, 0.4) is 0 Å². The molecule has 1 atom stereocenters. The summed E-state index contributed by atoms with van der Waals surface area (Å²) in [5.41, 5.74) is 5.76. The maximum atomic E-state index is 12.0. The molecule has 0 heterocycles. The normalized spacial score (nSPS) is 35.1. The lowest BCUT2D eigenvalue weighted by atomic mass is 9.77. The van der Waals surface area contributed by atoms with E-state index in [0.29, 0.717) is 0 Å². The van der Waals surface area contributed by atoms with Crippen molar-refractivity contribution < 1.29 is 9.53 Å². The number of hydrogen-bond donors (Lipinski definition) is 1. The molecule has 2 aliphatic carbocycles. The Morgan fingerprint density at radius 3 is 2.31 bits per heavy atom. The predicted octanol–water partition coefficient (Wildman–Crippen LogP) is 2.24. The number of nitrogens with two attached hydrogens (primary N) is 1. The van der Waals surface area contributed by atoms with E-state index < -0.39 is 11.6 Å². The van der Waals surface area contributed by atoms with Gasteiger partial charge in [0.15, 0.2) is 0 Å². The Morgan fingerprint density at radius 1 is 1.38 bits per heavy atom. The molecule has 2 rings (SSSR count). The van der Waals surface area contributed by atoms with Crippen LogP contribution in [0.15, 0.2) is 0 Å². The first kappa shape index (κ1) is 11.9. The van der Waals surface area contributed by atoms with Crippen LogP contribution in [-0.2, 0) is 9.53 Å². The quantitative estimate of drug-likeness (QED) is 0.733. The summed E-state index contributed by atoms with van der Waals surface area (Å²) >= 11 is 0. The highest BCUT2D eigenvalue weighted by Crippen LogP contribution is 2.55. The van der Waals surface area contributed by atoms with Gasteiger partial charge in [-0.1, -0.05) is 0 Å². The Morgan fingerprint density at radius 2 is 1.94 bits per heavy atom. The van der Waals surface area contributed by atoms with Crippen molar-refractivity contribution in [2.45, 2.75) is 64.5 Å². The number of rotatable bonds is 2. The van der Waals surface area contributed by atoms with Gasteiger partial charge in [-0.15, -0.1) is 0 Å².